The van der Waals surface area contributed by atoms with Crippen LogP contribution >= 0.6 is 15.9 Å². The van der Waals surface area contributed by atoms with Crippen molar-refractivity contribution in [1.29, 1.82) is 0 Å². The molecular weight excluding hydrogens is 310 g/mol. The van der Waals surface area contributed by atoms with E-state index < -0.39 is 5.97 Å². The fraction of sp³-hybridized carbons (Fsp3) is 0.154. The Balaban J connectivity index is 2.17. The van der Waals surface area contributed by atoms with Gasteiger partial charge in [0.05, 0.1) is 25.2 Å². The highest BCUT2D eigenvalue weighted by atomic mass is 79.9. The van der Waals surface area contributed by atoms with Crippen molar-refractivity contribution >= 4 is 33.4 Å². The van der Waals surface area contributed by atoms with E-state index in [0.29, 0.717) is 5.82 Å². The Kier molecular flexibility index (Phi) is 4.11. The molecule has 0 saturated carbocycles. The Morgan fingerprint density at radius 1 is 1.32 bits per heavy atom. The van der Waals surface area contributed by atoms with Gasteiger partial charge in [0.25, 0.3) is 0 Å². The molecule has 19 heavy (non-hydrogen) atoms. The summed E-state index contributed by atoms with van der Waals surface area (Å²) < 4.78 is 5.49. The van der Waals surface area contributed by atoms with E-state index in [4.69, 9.17) is 0 Å². The maximum Gasteiger partial charge on any atom is 0.358 e. The zero-order valence-corrected chi connectivity index (χ0v) is 12.1. The van der Waals surface area contributed by atoms with E-state index in [2.05, 4.69) is 36.0 Å². The molecule has 0 unspecified atom stereocenters. The second kappa shape index (κ2) is 5.79. The lowest BCUT2D eigenvalue weighted by Gasteiger charge is -2.08. The highest BCUT2D eigenvalue weighted by Crippen LogP contribution is 2.25. The summed E-state index contributed by atoms with van der Waals surface area (Å²) in [6.07, 6.45) is 2.86. The molecule has 5 nitrogen and oxygen atoms in total. The topological polar surface area (TPSA) is 64.1 Å². The molecule has 1 N–H and O–H groups in total. The van der Waals surface area contributed by atoms with Crippen LogP contribution < -0.4 is 5.32 Å². The summed E-state index contributed by atoms with van der Waals surface area (Å²) in [5.74, 6) is 0.0489. The third kappa shape index (κ3) is 3.29. The lowest BCUT2D eigenvalue weighted by molar-refractivity contribution is 0.0593. The van der Waals surface area contributed by atoms with Gasteiger partial charge in [0.1, 0.15) is 5.82 Å². The van der Waals surface area contributed by atoms with Crippen molar-refractivity contribution in [2.24, 2.45) is 0 Å². The van der Waals surface area contributed by atoms with Crippen molar-refractivity contribution in [1.82, 2.24) is 9.97 Å². The lowest BCUT2D eigenvalue weighted by atomic mass is 10.2. The van der Waals surface area contributed by atoms with Crippen molar-refractivity contribution < 1.29 is 9.53 Å². The van der Waals surface area contributed by atoms with Crippen molar-refractivity contribution in [3.8, 4) is 0 Å². The van der Waals surface area contributed by atoms with Crippen LogP contribution in [0.4, 0.5) is 11.5 Å². The van der Waals surface area contributed by atoms with Gasteiger partial charge in [0.2, 0.25) is 0 Å². The van der Waals surface area contributed by atoms with Gasteiger partial charge in [-0.2, -0.15) is 0 Å². The molecule has 2 rings (SSSR count). The first-order valence-corrected chi connectivity index (χ1v) is 6.33. The summed E-state index contributed by atoms with van der Waals surface area (Å²) in [5.41, 5.74) is 2.21. The average Bonchev–Trinajstić information content (AvgIpc) is 2.42. The molecule has 0 amide bonds. The standard InChI is InChI=1S/C13H12BrN3O2/c1-8-3-4-10(9(14)5-8)17-12-7-15-11(6-16-12)13(18)19-2/h3-7H,1-2H3,(H,16,17). The van der Waals surface area contributed by atoms with Crippen LogP contribution in [0.25, 0.3) is 0 Å². The van der Waals surface area contributed by atoms with E-state index in [1.165, 1.54) is 19.5 Å². The first-order valence-electron chi connectivity index (χ1n) is 5.53. The number of hydrogen-bond acceptors (Lipinski definition) is 5. The van der Waals surface area contributed by atoms with Gasteiger partial charge in [-0.15, -0.1) is 0 Å². The molecule has 0 spiro atoms. The van der Waals surface area contributed by atoms with Gasteiger partial charge in [-0.1, -0.05) is 6.07 Å². The minimum absolute atomic E-state index is 0.177. The Bertz CT molecular complexity index is 599. The molecule has 0 aliphatic heterocycles. The monoisotopic (exact) mass is 321 g/mol. The van der Waals surface area contributed by atoms with Crippen LogP contribution in [0.1, 0.15) is 16.1 Å². The number of benzene rings is 1. The first-order chi connectivity index (χ1) is 9.10. The van der Waals surface area contributed by atoms with Crippen LogP contribution in [0.15, 0.2) is 35.1 Å². The van der Waals surface area contributed by atoms with Gasteiger partial charge >= 0.3 is 5.97 Å². The Labute approximate surface area is 119 Å². The zero-order chi connectivity index (χ0) is 13.8. The van der Waals surface area contributed by atoms with Crippen LogP contribution in [0.5, 0.6) is 0 Å². The summed E-state index contributed by atoms with van der Waals surface area (Å²) in [4.78, 5) is 19.3. The number of aryl methyl sites for hydroxylation is 1. The number of carbonyl (C=O) groups excluding carboxylic acids is 1. The average molecular weight is 322 g/mol. The molecule has 0 atom stereocenters. The number of nitrogens with zero attached hydrogens (tertiary/aromatic N) is 2. The van der Waals surface area contributed by atoms with Gasteiger partial charge < -0.3 is 10.1 Å². The van der Waals surface area contributed by atoms with Crippen LogP contribution in [0.2, 0.25) is 0 Å². The summed E-state index contributed by atoms with van der Waals surface area (Å²) in [5, 5.41) is 3.11. The van der Waals surface area contributed by atoms with Gasteiger partial charge in [-0.3, -0.25) is 0 Å². The fourth-order valence-corrected chi connectivity index (χ4v) is 2.05. The third-order valence-corrected chi connectivity index (χ3v) is 3.09. The van der Waals surface area contributed by atoms with Crippen LogP contribution in [-0.4, -0.2) is 23.0 Å². The molecule has 98 valence electrons. The molecule has 0 aliphatic rings. The van der Waals surface area contributed by atoms with E-state index in [1.54, 1.807) is 0 Å². The normalized spacial score (nSPS) is 10.1. The van der Waals surface area contributed by atoms with E-state index in [1.807, 2.05) is 25.1 Å². The maximum absolute atomic E-state index is 11.2. The number of aromatic nitrogens is 2. The number of esters is 1. The zero-order valence-electron chi connectivity index (χ0n) is 10.5. The minimum Gasteiger partial charge on any atom is -0.464 e. The minimum atomic E-state index is -0.504. The highest BCUT2D eigenvalue weighted by molar-refractivity contribution is 9.10. The lowest BCUT2D eigenvalue weighted by Crippen LogP contribution is -2.05. The predicted octanol–water partition coefficient (Wildman–Crippen LogP) is 3.08. The molecule has 0 aliphatic carbocycles. The van der Waals surface area contributed by atoms with Crippen molar-refractivity contribution in [2.45, 2.75) is 6.92 Å². The smallest absolute Gasteiger partial charge is 0.358 e. The summed E-state index contributed by atoms with van der Waals surface area (Å²) in [6.45, 7) is 2.01. The predicted molar refractivity (Wildman–Crippen MR) is 75.5 cm³/mol. The van der Waals surface area contributed by atoms with Crippen LogP contribution in [0.3, 0.4) is 0 Å². The number of carbonyl (C=O) groups is 1. The third-order valence-electron chi connectivity index (χ3n) is 2.43. The second-order valence-electron chi connectivity index (χ2n) is 3.89. The van der Waals surface area contributed by atoms with Gasteiger partial charge in [-0.25, -0.2) is 14.8 Å². The molecule has 2 aromatic rings. The van der Waals surface area contributed by atoms with E-state index in [-0.39, 0.29) is 5.69 Å². The highest BCUT2D eigenvalue weighted by Gasteiger charge is 2.08. The largest absolute Gasteiger partial charge is 0.464 e. The van der Waals surface area contributed by atoms with Crippen molar-refractivity contribution in [2.75, 3.05) is 12.4 Å². The van der Waals surface area contributed by atoms with E-state index >= 15 is 0 Å². The molecular formula is C13H12BrN3O2. The van der Waals surface area contributed by atoms with E-state index in [0.717, 1.165) is 15.7 Å². The second-order valence-corrected chi connectivity index (χ2v) is 4.74. The number of nitrogens with one attached hydrogen (secondary N) is 1. The quantitative estimate of drug-likeness (QED) is 0.880. The number of halogens is 1. The van der Waals surface area contributed by atoms with Crippen molar-refractivity contribution in [3.63, 3.8) is 0 Å². The molecule has 1 aromatic carbocycles. The fourth-order valence-electron chi connectivity index (χ4n) is 1.46. The molecule has 1 aromatic heterocycles. The molecule has 0 fully saturated rings. The molecule has 0 radical (unpaired) electrons. The van der Waals surface area contributed by atoms with E-state index in [9.17, 15) is 4.79 Å². The molecule has 6 heteroatoms. The maximum atomic E-state index is 11.2. The van der Waals surface area contributed by atoms with Crippen molar-refractivity contribution in [3.05, 3.63) is 46.3 Å². The molecule has 1 heterocycles. The summed E-state index contributed by atoms with van der Waals surface area (Å²) in [7, 11) is 1.31. The molecule has 0 bridgehead atoms. The Morgan fingerprint density at radius 2 is 2.11 bits per heavy atom. The van der Waals surface area contributed by atoms with Gasteiger partial charge in [0, 0.05) is 4.47 Å². The Morgan fingerprint density at radius 3 is 2.68 bits per heavy atom. The molecule has 0 saturated heterocycles. The first kappa shape index (κ1) is 13.5. The van der Waals surface area contributed by atoms with Gasteiger partial charge in [-0.05, 0) is 40.5 Å². The SMILES string of the molecule is COC(=O)c1cnc(Nc2ccc(C)cc2Br)cn1. The summed E-state index contributed by atoms with van der Waals surface area (Å²) >= 11 is 3.47. The number of anilines is 2. The van der Waals surface area contributed by atoms with Crippen LogP contribution in [0, 0.1) is 6.92 Å². The van der Waals surface area contributed by atoms with Crippen LogP contribution in [-0.2, 0) is 4.74 Å². The Hall–Kier alpha value is -1.95. The number of rotatable bonds is 3. The summed E-state index contributed by atoms with van der Waals surface area (Å²) in [6, 6.07) is 5.93. The number of methoxy groups -OCH3 is 1. The van der Waals surface area contributed by atoms with Gasteiger partial charge in [0.15, 0.2) is 5.69 Å². The number of ether oxygens (including phenoxy) is 1. The number of hydrogen-bond donors (Lipinski definition) is 1.